The van der Waals surface area contributed by atoms with Crippen LogP contribution in [0.5, 0.6) is 34.5 Å². The highest BCUT2D eigenvalue weighted by atomic mass is 16.5. The van der Waals surface area contributed by atoms with Crippen molar-refractivity contribution in [3.05, 3.63) is 41.5 Å². The highest BCUT2D eigenvalue weighted by Gasteiger charge is 2.24. The van der Waals surface area contributed by atoms with Gasteiger partial charge in [0.25, 0.3) is 0 Å². The molecule has 0 saturated heterocycles. The van der Waals surface area contributed by atoms with E-state index in [2.05, 4.69) is 0 Å². The number of carbonyl (C=O) groups excluding carboxylic acids is 1. The van der Waals surface area contributed by atoms with E-state index in [4.69, 9.17) is 18.9 Å². The first-order valence-corrected chi connectivity index (χ1v) is 7.58. The van der Waals surface area contributed by atoms with Crippen LogP contribution in [0.15, 0.2) is 30.3 Å². The normalized spacial score (nSPS) is 10.6. The standard InChI is InChI=1S/C19H20O7/c1-23-15-9-11(5-7-12(15)20)6-8-13(21)17-16(24-2)10-14(22)18(25-3)19(17)26-4/h5-10,20,22H,1-4H3/b8-6+. The molecule has 2 N–H and O–H groups in total. The van der Waals surface area contributed by atoms with Gasteiger partial charge in [-0.2, -0.15) is 0 Å². The lowest BCUT2D eigenvalue weighted by Gasteiger charge is -2.15. The van der Waals surface area contributed by atoms with Gasteiger partial charge in [-0.1, -0.05) is 12.1 Å². The van der Waals surface area contributed by atoms with E-state index in [1.54, 1.807) is 18.2 Å². The van der Waals surface area contributed by atoms with Crippen molar-refractivity contribution < 1.29 is 34.0 Å². The molecule has 0 heterocycles. The van der Waals surface area contributed by atoms with E-state index in [1.807, 2.05) is 0 Å². The Labute approximate surface area is 151 Å². The number of aromatic hydroxyl groups is 2. The summed E-state index contributed by atoms with van der Waals surface area (Å²) in [6.07, 6.45) is 2.88. The summed E-state index contributed by atoms with van der Waals surface area (Å²) in [4.78, 5) is 12.7. The monoisotopic (exact) mass is 360 g/mol. The van der Waals surface area contributed by atoms with Crippen LogP contribution in [0, 0.1) is 0 Å². The van der Waals surface area contributed by atoms with Crippen molar-refractivity contribution in [1.82, 2.24) is 0 Å². The SMILES string of the molecule is COc1cc(/C=C/C(=O)c2c(OC)cc(O)c(OC)c2OC)ccc1O. The molecule has 0 bridgehead atoms. The van der Waals surface area contributed by atoms with E-state index in [0.717, 1.165) is 0 Å². The molecule has 0 aliphatic carbocycles. The van der Waals surface area contributed by atoms with Crippen molar-refractivity contribution in [2.45, 2.75) is 0 Å². The number of benzene rings is 2. The van der Waals surface area contributed by atoms with Gasteiger partial charge in [0.15, 0.2) is 28.8 Å². The van der Waals surface area contributed by atoms with Gasteiger partial charge in [-0.25, -0.2) is 0 Å². The number of carbonyl (C=O) groups is 1. The molecule has 7 heteroatoms. The number of methoxy groups -OCH3 is 4. The summed E-state index contributed by atoms with van der Waals surface area (Å²) in [5, 5.41) is 19.6. The first-order valence-electron chi connectivity index (χ1n) is 7.58. The van der Waals surface area contributed by atoms with Crippen molar-refractivity contribution in [2.24, 2.45) is 0 Å². The van der Waals surface area contributed by atoms with Gasteiger partial charge in [-0.05, 0) is 23.8 Å². The van der Waals surface area contributed by atoms with Crippen molar-refractivity contribution >= 4 is 11.9 Å². The van der Waals surface area contributed by atoms with Gasteiger partial charge >= 0.3 is 0 Å². The van der Waals surface area contributed by atoms with Gasteiger partial charge in [0, 0.05) is 6.07 Å². The Bertz CT molecular complexity index is 840. The molecule has 0 aliphatic heterocycles. The molecule has 2 aromatic carbocycles. The molecule has 2 aromatic rings. The Morgan fingerprint density at radius 2 is 1.50 bits per heavy atom. The maximum absolute atomic E-state index is 12.7. The average Bonchev–Trinajstić information content (AvgIpc) is 2.65. The summed E-state index contributed by atoms with van der Waals surface area (Å²) >= 11 is 0. The van der Waals surface area contributed by atoms with E-state index in [-0.39, 0.29) is 34.3 Å². The number of hydrogen-bond donors (Lipinski definition) is 2. The number of hydrogen-bond acceptors (Lipinski definition) is 7. The lowest BCUT2D eigenvalue weighted by molar-refractivity contribution is 0.104. The minimum atomic E-state index is -0.413. The molecule has 0 aliphatic rings. The Hall–Kier alpha value is -3.35. The van der Waals surface area contributed by atoms with E-state index in [1.165, 1.54) is 46.6 Å². The predicted octanol–water partition coefficient (Wildman–Crippen LogP) is 3.03. The van der Waals surface area contributed by atoms with Crippen LogP contribution in [0.25, 0.3) is 6.08 Å². The van der Waals surface area contributed by atoms with E-state index in [0.29, 0.717) is 11.3 Å². The quantitative estimate of drug-likeness (QED) is 0.579. The van der Waals surface area contributed by atoms with Crippen LogP contribution in [0.3, 0.4) is 0 Å². The van der Waals surface area contributed by atoms with Gasteiger partial charge in [-0.3, -0.25) is 4.79 Å². The summed E-state index contributed by atoms with van der Waals surface area (Å²) < 4.78 is 20.6. The Balaban J connectivity index is 2.46. The third kappa shape index (κ3) is 3.66. The molecule has 0 saturated carbocycles. The predicted molar refractivity (Wildman–Crippen MR) is 95.8 cm³/mol. The minimum absolute atomic E-state index is 0.00239. The number of rotatable bonds is 7. The second-order valence-electron chi connectivity index (χ2n) is 5.17. The third-order valence-electron chi connectivity index (χ3n) is 3.69. The number of phenols is 2. The number of allylic oxidation sites excluding steroid dienone is 1. The van der Waals surface area contributed by atoms with Gasteiger partial charge in [0.1, 0.15) is 11.3 Å². The summed E-state index contributed by atoms with van der Waals surface area (Å²) in [5.41, 5.74) is 0.767. The molecule has 26 heavy (non-hydrogen) atoms. The topological polar surface area (TPSA) is 94.5 Å². The van der Waals surface area contributed by atoms with Crippen LogP contribution in [-0.2, 0) is 0 Å². The van der Waals surface area contributed by atoms with E-state index < -0.39 is 5.78 Å². The molecule has 0 atom stereocenters. The smallest absolute Gasteiger partial charge is 0.204 e. The first-order chi connectivity index (χ1) is 12.5. The molecule has 0 aromatic heterocycles. The van der Waals surface area contributed by atoms with Gasteiger partial charge < -0.3 is 29.2 Å². The molecule has 0 fully saturated rings. The Morgan fingerprint density at radius 1 is 0.846 bits per heavy atom. The third-order valence-corrected chi connectivity index (χ3v) is 3.69. The highest BCUT2D eigenvalue weighted by molar-refractivity contribution is 6.11. The van der Waals surface area contributed by atoms with Gasteiger partial charge in [0.2, 0.25) is 5.75 Å². The fourth-order valence-corrected chi connectivity index (χ4v) is 2.44. The fourth-order valence-electron chi connectivity index (χ4n) is 2.44. The highest BCUT2D eigenvalue weighted by Crippen LogP contribution is 2.44. The van der Waals surface area contributed by atoms with Crippen molar-refractivity contribution in [3.8, 4) is 34.5 Å². The fraction of sp³-hybridized carbons (Fsp3) is 0.211. The summed E-state index contributed by atoms with van der Waals surface area (Å²) in [5.74, 6) is -0.0607. The first kappa shape index (κ1) is 19.0. The van der Waals surface area contributed by atoms with Crippen LogP contribution in [0.2, 0.25) is 0 Å². The zero-order valence-electron chi connectivity index (χ0n) is 14.9. The lowest BCUT2D eigenvalue weighted by Crippen LogP contribution is -2.04. The number of ketones is 1. The molecular weight excluding hydrogens is 340 g/mol. The number of phenolic OH excluding ortho intramolecular Hbond substituents is 2. The average molecular weight is 360 g/mol. The van der Waals surface area contributed by atoms with E-state index in [9.17, 15) is 15.0 Å². The van der Waals surface area contributed by atoms with Gasteiger partial charge in [0.05, 0.1) is 28.4 Å². The lowest BCUT2D eigenvalue weighted by atomic mass is 10.0. The molecular formula is C19H20O7. The maximum Gasteiger partial charge on any atom is 0.204 e. The molecule has 7 nitrogen and oxygen atoms in total. The zero-order chi connectivity index (χ0) is 19.3. The van der Waals surface area contributed by atoms with Crippen LogP contribution in [0.1, 0.15) is 15.9 Å². The molecule has 138 valence electrons. The van der Waals surface area contributed by atoms with Crippen molar-refractivity contribution in [1.29, 1.82) is 0 Å². The van der Waals surface area contributed by atoms with Gasteiger partial charge in [-0.15, -0.1) is 0 Å². The largest absolute Gasteiger partial charge is 0.504 e. The molecule has 0 amide bonds. The summed E-state index contributed by atoms with van der Waals surface area (Å²) in [7, 11) is 5.54. The summed E-state index contributed by atoms with van der Waals surface area (Å²) in [6, 6.07) is 5.97. The Morgan fingerprint density at radius 3 is 2.08 bits per heavy atom. The Kier molecular flexibility index (Phi) is 5.95. The molecule has 0 radical (unpaired) electrons. The molecule has 2 rings (SSSR count). The molecule has 0 spiro atoms. The second-order valence-corrected chi connectivity index (χ2v) is 5.17. The van der Waals surface area contributed by atoms with Crippen LogP contribution in [0.4, 0.5) is 0 Å². The van der Waals surface area contributed by atoms with Crippen LogP contribution < -0.4 is 18.9 Å². The van der Waals surface area contributed by atoms with Crippen molar-refractivity contribution in [2.75, 3.05) is 28.4 Å². The van der Waals surface area contributed by atoms with Crippen molar-refractivity contribution in [3.63, 3.8) is 0 Å². The second kappa shape index (κ2) is 8.15. The summed E-state index contributed by atoms with van der Waals surface area (Å²) in [6.45, 7) is 0. The van der Waals surface area contributed by atoms with Crippen LogP contribution >= 0.6 is 0 Å². The molecule has 0 unspecified atom stereocenters. The van der Waals surface area contributed by atoms with E-state index >= 15 is 0 Å². The zero-order valence-corrected chi connectivity index (χ0v) is 14.9. The van der Waals surface area contributed by atoms with Crippen LogP contribution in [-0.4, -0.2) is 44.4 Å². The maximum atomic E-state index is 12.7. The minimum Gasteiger partial charge on any atom is -0.504 e. The number of ether oxygens (including phenoxy) is 4.